The molecule has 2 N–H and O–H groups in total. The number of aromatic nitrogens is 3. The maximum absolute atomic E-state index is 12.1. The SMILES string of the molecule is C=CC(=O)N1CC(Nc2ncnc3[nH]cc(CC4CC4)c23)CCC1C. The van der Waals surface area contributed by atoms with Gasteiger partial charge in [0.1, 0.15) is 17.8 Å². The van der Waals surface area contributed by atoms with E-state index in [2.05, 4.69) is 40.0 Å². The molecule has 1 saturated heterocycles. The number of amides is 1. The van der Waals surface area contributed by atoms with Crippen molar-refractivity contribution in [1.82, 2.24) is 19.9 Å². The molecule has 6 nitrogen and oxygen atoms in total. The normalized spacial score (nSPS) is 23.6. The molecule has 0 spiro atoms. The maximum Gasteiger partial charge on any atom is 0.246 e. The molecule has 1 amide bonds. The lowest BCUT2D eigenvalue weighted by Crippen LogP contribution is -2.49. The van der Waals surface area contributed by atoms with Crippen molar-refractivity contribution >= 4 is 22.8 Å². The molecule has 0 aromatic carbocycles. The minimum Gasteiger partial charge on any atom is -0.365 e. The molecule has 0 bridgehead atoms. The minimum atomic E-state index is 0.00269. The van der Waals surface area contributed by atoms with Gasteiger partial charge in [-0.1, -0.05) is 6.58 Å². The molecular weight excluding hydrogens is 314 g/mol. The number of piperidine rings is 1. The van der Waals surface area contributed by atoms with E-state index in [4.69, 9.17) is 0 Å². The first-order valence-corrected chi connectivity index (χ1v) is 9.16. The van der Waals surface area contributed by atoms with Crippen molar-refractivity contribution in [3.63, 3.8) is 0 Å². The molecule has 2 unspecified atom stereocenters. The zero-order valence-electron chi connectivity index (χ0n) is 14.7. The van der Waals surface area contributed by atoms with E-state index < -0.39 is 0 Å². The average molecular weight is 339 g/mol. The van der Waals surface area contributed by atoms with Crippen LogP contribution >= 0.6 is 0 Å². The van der Waals surface area contributed by atoms with Gasteiger partial charge in [0.15, 0.2) is 0 Å². The second kappa shape index (κ2) is 6.50. The monoisotopic (exact) mass is 339 g/mol. The van der Waals surface area contributed by atoms with E-state index in [9.17, 15) is 4.79 Å². The highest BCUT2D eigenvalue weighted by Gasteiger charge is 2.29. The maximum atomic E-state index is 12.1. The van der Waals surface area contributed by atoms with Gasteiger partial charge >= 0.3 is 0 Å². The lowest BCUT2D eigenvalue weighted by Gasteiger charge is -2.38. The Morgan fingerprint density at radius 3 is 3.00 bits per heavy atom. The van der Waals surface area contributed by atoms with Gasteiger partial charge in [-0.2, -0.15) is 0 Å². The fourth-order valence-electron chi connectivity index (χ4n) is 3.77. The van der Waals surface area contributed by atoms with E-state index in [0.29, 0.717) is 6.54 Å². The minimum absolute atomic E-state index is 0.00269. The third kappa shape index (κ3) is 3.25. The van der Waals surface area contributed by atoms with Crippen molar-refractivity contribution in [2.75, 3.05) is 11.9 Å². The Hall–Kier alpha value is -2.37. The van der Waals surface area contributed by atoms with Crippen LogP contribution in [0.5, 0.6) is 0 Å². The fourth-order valence-corrected chi connectivity index (χ4v) is 3.77. The van der Waals surface area contributed by atoms with Crippen molar-refractivity contribution < 1.29 is 4.79 Å². The van der Waals surface area contributed by atoms with Crippen molar-refractivity contribution in [2.24, 2.45) is 5.92 Å². The molecule has 3 heterocycles. The van der Waals surface area contributed by atoms with Gasteiger partial charge in [0.25, 0.3) is 0 Å². The summed E-state index contributed by atoms with van der Waals surface area (Å²) >= 11 is 0. The molecule has 0 radical (unpaired) electrons. The van der Waals surface area contributed by atoms with Crippen LogP contribution in [0.2, 0.25) is 0 Å². The lowest BCUT2D eigenvalue weighted by molar-refractivity contribution is -0.129. The number of fused-ring (bicyclic) bond motifs is 1. The van der Waals surface area contributed by atoms with Crippen LogP contribution in [-0.4, -0.2) is 44.4 Å². The largest absolute Gasteiger partial charge is 0.365 e. The van der Waals surface area contributed by atoms with Gasteiger partial charge in [-0.15, -0.1) is 0 Å². The summed E-state index contributed by atoms with van der Waals surface area (Å²) < 4.78 is 0. The number of carbonyl (C=O) groups is 1. The Kier molecular flexibility index (Phi) is 4.19. The van der Waals surface area contributed by atoms with Crippen LogP contribution in [0.25, 0.3) is 11.0 Å². The number of likely N-dealkylation sites (tertiary alicyclic amines) is 1. The van der Waals surface area contributed by atoms with Crippen LogP contribution < -0.4 is 5.32 Å². The number of H-pyrrole nitrogens is 1. The molecule has 2 aliphatic rings. The van der Waals surface area contributed by atoms with Gasteiger partial charge in [0.2, 0.25) is 5.91 Å². The van der Waals surface area contributed by atoms with E-state index in [1.807, 2.05) is 4.90 Å². The smallest absolute Gasteiger partial charge is 0.246 e. The number of nitrogens with one attached hydrogen (secondary N) is 2. The summed E-state index contributed by atoms with van der Waals surface area (Å²) in [4.78, 5) is 26.1. The highest BCUT2D eigenvalue weighted by atomic mass is 16.2. The first kappa shape index (κ1) is 16.1. The van der Waals surface area contributed by atoms with Crippen molar-refractivity contribution in [3.8, 4) is 0 Å². The summed E-state index contributed by atoms with van der Waals surface area (Å²) in [7, 11) is 0. The van der Waals surface area contributed by atoms with Crippen LogP contribution in [0.3, 0.4) is 0 Å². The molecule has 2 atom stereocenters. The number of hydrogen-bond donors (Lipinski definition) is 2. The zero-order chi connectivity index (χ0) is 17.4. The molecule has 6 heteroatoms. The second-order valence-electron chi connectivity index (χ2n) is 7.37. The van der Waals surface area contributed by atoms with Gasteiger partial charge in [-0.25, -0.2) is 9.97 Å². The predicted molar refractivity (Wildman–Crippen MR) is 98.3 cm³/mol. The summed E-state index contributed by atoms with van der Waals surface area (Å²) in [5, 5.41) is 4.68. The van der Waals surface area contributed by atoms with Crippen LogP contribution in [0.1, 0.15) is 38.2 Å². The Morgan fingerprint density at radius 1 is 1.40 bits per heavy atom. The third-order valence-electron chi connectivity index (χ3n) is 5.44. The van der Waals surface area contributed by atoms with E-state index in [-0.39, 0.29) is 18.0 Å². The third-order valence-corrected chi connectivity index (χ3v) is 5.44. The van der Waals surface area contributed by atoms with Gasteiger partial charge in [0, 0.05) is 24.8 Å². The summed E-state index contributed by atoms with van der Waals surface area (Å²) in [5.41, 5.74) is 2.18. The van der Waals surface area contributed by atoms with Gasteiger partial charge in [-0.3, -0.25) is 4.79 Å². The van der Waals surface area contributed by atoms with E-state index in [0.717, 1.165) is 42.0 Å². The first-order valence-electron chi connectivity index (χ1n) is 9.16. The molecule has 1 saturated carbocycles. The van der Waals surface area contributed by atoms with Crippen LogP contribution in [0.15, 0.2) is 25.2 Å². The highest BCUT2D eigenvalue weighted by Crippen LogP contribution is 2.36. The molecule has 4 rings (SSSR count). The van der Waals surface area contributed by atoms with Crippen molar-refractivity contribution in [3.05, 3.63) is 30.7 Å². The van der Waals surface area contributed by atoms with E-state index >= 15 is 0 Å². The number of nitrogens with zero attached hydrogens (tertiary/aromatic N) is 3. The number of rotatable bonds is 5. The zero-order valence-corrected chi connectivity index (χ0v) is 14.7. The Labute approximate surface area is 147 Å². The van der Waals surface area contributed by atoms with Crippen LogP contribution in [-0.2, 0) is 11.2 Å². The standard InChI is InChI=1S/C19H25N5O/c1-3-16(25)24-10-15(7-4-12(24)2)23-19-17-14(8-13-5-6-13)9-20-18(17)21-11-22-19/h3,9,11-13,15H,1,4-8,10H2,2H3,(H2,20,21,22,23). The Bertz CT molecular complexity index is 794. The van der Waals surface area contributed by atoms with Gasteiger partial charge in [0.05, 0.1) is 5.39 Å². The molecule has 1 aliphatic carbocycles. The van der Waals surface area contributed by atoms with Crippen molar-refractivity contribution in [2.45, 2.75) is 51.1 Å². The van der Waals surface area contributed by atoms with Crippen molar-refractivity contribution in [1.29, 1.82) is 0 Å². The molecule has 1 aliphatic heterocycles. The summed E-state index contributed by atoms with van der Waals surface area (Å²) in [6.07, 6.45) is 10.8. The number of carbonyl (C=O) groups excluding carboxylic acids is 1. The van der Waals surface area contributed by atoms with E-state index in [1.54, 1.807) is 6.33 Å². The van der Waals surface area contributed by atoms with Gasteiger partial charge in [-0.05, 0) is 56.6 Å². The molecule has 2 aromatic rings. The van der Waals surface area contributed by atoms with Crippen LogP contribution in [0, 0.1) is 5.92 Å². The summed E-state index contributed by atoms with van der Waals surface area (Å²) in [6.45, 7) is 6.40. The number of aromatic amines is 1. The molecule has 2 fully saturated rings. The molecule has 132 valence electrons. The molecule has 25 heavy (non-hydrogen) atoms. The topological polar surface area (TPSA) is 73.9 Å². The molecule has 2 aromatic heterocycles. The Morgan fingerprint density at radius 2 is 2.24 bits per heavy atom. The summed E-state index contributed by atoms with van der Waals surface area (Å²) in [6, 6.07) is 0.452. The fraction of sp³-hybridized carbons (Fsp3) is 0.526. The molecular formula is C19H25N5O. The lowest BCUT2D eigenvalue weighted by atomic mass is 9.99. The first-order chi connectivity index (χ1) is 12.2. The van der Waals surface area contributed by atoms with E-state index in [1.165, 1.54) is 24.5 Å². The summed E-state index contributed by atoms with van der Waals surface area (Å²) in [5.74, 6) is 1.69. The Balaban J connectivity index is 1.56. The number of hydrogen-bond acceptors (Lipinski definition) is 4. The highest BCUT2D eigenvalue weighted by molar-refractivity contribution is 5.90. The van der Waals surface area contributed by atoms with Crippen LogP contribution in [0.4, 0.5) is 5.82 Å². The predicted octanol–water partition coefficient (Wildman–Crippen LogP) is 2.89. The quantitative estimate of drug-likeness (QED) is 0.822. The average Bonchev–Trinajstić information content (AvgIpc) is 3.34. The number of anilines is 1. The van der Waals surface area contributed by atoms with Gasteiger partial charge < -0.3 is 15.2 Å². The second-order valence-corrected chi connectivity index (χ2v) is 7.37.